The maximum absolute atomic E-state index is 12.3. The number of nitrogens with zero attached hydrogens (tertiary/aromatic N) is 1. The molecule has 0 bridgehead atoms. The van der Waals surface area contributed by atoms with Crippen molar-refractivity contribution in [3.63, 3.8) is 0 Å². The van der Waals surface area contributed by atoms with Crippen LogP contribution in [0.3, 0.4) is 0 Å². The van der Waals surface area contributed by atoms with E-state index in [0.29, 0.717) is 37.1 Å². The van der Waals surface area contributed by atoms with Gasteiger partial charge in [0.25, 0.3) is 0 Å². The Balaban J connectivity index is 2.04. The van der Waals surface area contributed by atoms with Gasteiger partial charge in [-0.05, 0) is 37.8 Å². The van der Waals surface area contributed by atoms with Crippen LogP contribution in [0.25, 0.3) is 0 Å². The van der Waals surface area contributed by atoms with Crippen LogP contribution in [0.5, 0.6) is 0 Å². The van der Waals surface area contributed by atoms with Gasteiger partial charge in [-0.3, -0.25) is 4.79 Å². The van der Waals surface area contributed by atoms with Crippen molar-refractivity contribution in [2.45, 2.75) is 37.2 Å². The van der Waals surface area contributed by atoms with E-state index in [1.54, 1.807) is 12.1 Å². The molecule has 20 heavy (non-hydrogen) atoms. The van der Waals surface area contributed by atoms with Crippen molar-refractivity contribution in [3.8, 4) is 0 Å². The third kappa shape index (κ3) is 1.79. The van der Waals surface area contributed by atoms with E-state index in [-0.39, 0.29) is 17.7 Å². The number of rotatable bonds is 1. The molecular weight excluding hydrogens is 260 g/mol. The lowest BCUT2D eigenvalue weighted by atomic mass is 9.71. The molecule has 6 nitrogen and oxygen atoms in total. The van der Waals surface area contributed by atoms with Crippen LogP contribution in [-0.2, 0) is 14.9 Å². The number of ether oxygens (including phenoxy) is 1. The molecule has 1 saturated carbocycles. The Morgan fingerprint density at radius 2 is 2.15 bits per heavy atom. The number of hydrogen-bond acceptors (Lipinski definition) is 5. The van der Waals surface area contributed by atoms with Gasteiger partial charge in [-0.15, -0.1) is 0 Å². The molecule has 106 valence electrons. The fourth-order valence-corrected chi connectivity index (χ4v) is 3.05. The van der Waals surface area contributed by atoms with Gasteiger partial charge in [-0.25, -0.2) is 9.78 Å². The average Bonchev–Trinajstić information content (AvgIpc) is 2.73. The fraction of sp³-hybridized carbons (Fsp3) is 0.500. The highest BCUT2D eigenvalue weighted by atomic mass is 16.5. The van der Waals surface area contributed by atoms with E-state index in [9.17, 15) is 14.7 Å². The summed E-state index contributed by atoms with van der Waals surface area (Å²) < 4.78 is 4.67. The first-order valence-corrected chi connectivity index (χ1v) is 6.66. The molecule has 0 atom stereocenters. The molecule has 2 aliphatic rings. The fourth-order valence-electron chi connectivity index (χ4n) is 3.05. The van der Waals surface area contributed by atoms with Gasteiger partial charge < -0.3 is 15.2 Å². The number of carbonyl (C=O) groups excluding carboxylic acids is 2. The maximum Gasteiger partial charge on any atom is 0.356 e. The summed E-state index contributed by atoms with van der Waals surface area (Å²) in [6.45, 7) is 0. The number of nitrogens with one attached hydrogen (secondary N) is 1. The van der Waals surface area contributed by atoms with Crippen LogP contribution in [0, 0.1) is 0 Å². The first-order valence-electron chi connectivity index (χ1n) is 6.66. The van der Waals surface area contributed by atoms with E-state index < -0.39 is 11.4 Å². The Bertz CT molecular complexity index is 577. The van der Waals surface area contributed by atoms with E-state index >= 15 is 0 Å². The molecule has 0 unspecified atom stereocenters. The van der Waals surface area contributed by atoms with Gasteiger partial charge in [-0.1, -0.05) is 0 Å². The quantitative estimate of drug-likeness (QED) is 0.747. The Hall–Kier alpha value is -1.95. The van der Waals surface area contributed by atoms with Gasteiger partial charge in [0.15, 0.2) is 0 Å². The standard InChI is InChI=1S/C14H16N2O4/c1-20-12(18)10-3-2-9-11(15-10)14(13(19)16-9)6-4-8(17)5-7-14/h2-3,8,17H,4-7H2,1H3,(H,16,19). The number of anilines is 1. The average molecular weight is 276 g/mol. The summed E-state index contributed by atoms with van der Waals surface area (Å²) in [7, 11) is 1.30. The molecule has 1 aliphatic carbocycles. The Labute approximate surface area is 116 Å². The zero-order valence-electron chi connectivity index (χ0n) is 11.2. The Morgan fingerprint density at radius 3 is 2.80 bits per heavy atom. The first kappa shape index (κ1) is 13.1. The van der Waals surface area contributed by atoms with E-state index in [4.69, 9.17) is 0 Å². The monoisotopic (exact) mass is 276 g/mol. The number of fused-ring (bicyclic) bond motifs is 2. The molecule has 1 aromatic heterocycles. The van der Waals surface area contributed by atoms with Crippen molar-refractivity contribution < 1.29 is 19.4 Å². The molecule has 1 amide bonds. The first-order chi connectivity index (χ1) is 9.56. The van der Waals surface area contributed by atoms with Crippen LogP contribution in [-0.4, -0.2) is 35.2 Å². The second-order valence-corrected chi connectivity index (χ2v) is 5.35. The third-order valence-corrected chi connectivity index (χ3v) is 4.23. The molecule has 1 fully saturated rings. The molecule has 2 heterocycles. The van der Waals surface area contributed by atoms with E-state index in [1.807, 2.05) is 0 Å². The number of hydrogen-bond donors (Lipinski definition) is 2. The molecule has 0 aromatic carbocycles. The molecule has 0 saturated heterocycles. The number of aliphatic hydroxyl groups excluding tert-OH is 1. The van der Waals surface area contributed by atoms with Crippen LogP contribution in [0.1, 0.15) is 41.9 Å². The van der Waals surface area contributed by atoms with Crippen LogP contribution in [0.15, 0.2) is 12.1 Å². The van der Waals surface area contributed by atoms with E-state index in [2.05, 4.69) is 15.0 Å². The molecule has 1 spiro atoms. The second-order valence-electron chi connectivity index (χ2n) is 5.35. The molecule has 3 rings (SSSR count). The molecule has 1 aliphatic heterocycles. The van der Waals surface area contributed by atoms with Gasteiger partial charge in [0.05, 0.1) is 30.0 Å². The van der Waals surface area contributed by atoms with Crippen LogP contribution in [0.2, 0.25) is 0 Å². The molecule has 6 heteroatoms. The highest BCUT2D eigenvalue weighted by Crippen LogP contribution is 2.46. The minimum Gasteiger partial charge on any atom is -0.464 e. The summed E-state index contributed by atoms with van der Waals surface area (Å²) in [5, 5.41) is 12.5. The minimum absolute atomic E-state index is 0.0890. The van der Waals surface area contributed by atoms with E-state index in [0.717, 1.165) is 0 Å². The number of carbonyl (C=O) groups is 2. The second kappa shape index (κ2) is 4.56. The van der Waals surface area contributed by atoms with E-state index in [1.165, 1.54) is 7.11 Å². The lowest BCUT2D eigenvalue weighted by molar-refractivity contribution is -0.122. The predicted octanol–water partition coefficient (Wildman–Crippen LogP) is 0.993. The largest absolute Gasteiger partial charge is 0.464 e. The predicted molar refractivity (Wildman–Crippen MR) is 70.4 cm³/mol. The van der Waals surface area contributed by atoms with Gasteiger partial charge in [0.2, 0.25) is 5.91 Å². The van der Waals surface area contributed by atoms with Gasteiger partial charge in [0.1, 0.15) is 5.69 Å². The molecular formula is C14H16N2O4. The topological polar surface area (TPSA) is 88.5 Å². The highest BCUT2D eigenvalue weighted by Gasteiger charge is 2.50. The lowest BCUT2D eigenvalue weighted by Gasteiger charge is -2.32. The Morgan fingerprint density at radius 1 is 1.45 bits per heavy atom. The normalized spacial score (nSPS) is 28.1. The zero-order chi connectivity index (χ0) is 14.3. The highest BCUT2D eigenvalue weighted by molar-refractivity contribution is 6.06. The van der Waals surface area contributed by atoms with Gasteiger partial charge in [0, 0.05) is 0 Å². The number of methoxy groups -OCH3 is 1. The van der Waals surface area contributed by atoms with Crippen molar-refractivity contribution >= 4 is 17.6 Å². The minimum atomic E-state index is -0.710. The maximum atomic E-state index is 12.3. The van der Waals surface area contributed by atoms with Crippen molar-refractivity contribution in [3.05, 3.63) is 23.5 Å². The summed E-state index contributed by atoms with van der Waals surface area (Å²) in [4.78, 5) is 28.2. The lowest BCUT2D eigenvalue weighted by Crippen LogP contribution is -2.40. The molecule has 2 N–H and O–H groups in total. The molecule has 1 aromatic rings. The molecule has 0 radical (unpaired) electrons. The number of pyridine rings is 1. The van der Waals surface area contributed by atoms with Crippen molar-refractivity contribution in [1.82, 2.24) is 4.98 Å². The van der Waals surface area contributed by atoms with Gasteiger partial charge in [-0.2, -0.15) is 0 Å². The van der Waals surface area contributed by atoms with Gasteiger partial charge >= 0.3 is 5.97 Å². The van der Waals surface area contributed by atoms with Crippen LogP contribution < -0.4 is 5.32 Å². The zero-order valence-corrected chi connectivity index (χ0v) is 11.2. The number of amides is 1. The number of aliphatic hydroxyl groups is 1. The Kier molecular flexibility index (Phi) is 2.97. The number of aromatic nitrogens is 1. The summed E-state index contributed by atoms with van der Waals surface area (Å²) in [6, 6.07) is 3.23. The van der Waals surface area contributed by atoms with Crippen molar-refractivity contribution in [2.75, 3.05) is 12.4 Å². The van der Waals surface area contributed by atoms with Crippen molar-refractivity contribution in [2.24, 2.45) is 0 Å². The summed E-state index contributed by atoms with van der Waals surface area (Å²) in [5.41, 5.74) is 0.753. The summed E-state index contributed by atoms with van der Waals surface area (Å²) in [5.74, 6) is -0.605. The smallest absolute Gasteiger partial charge is 0.356 e. The van der Waals surface area contributed by atoms with Crippen molar-refractivity contribution in [1.29, 1.82) is 0 Å². The SMILES string of the molecule is COC(=O)c1ccc2c(n1)C1(CCC(O)CC1)C(=O)N2. The summed E-state index contributed by atoms with van der Waals surface area (Å²) in [6.07, 6.45) is 1.87. The van der Waals surface area contributed by atoms with Crippen LogP contribution >= 0.6 is 0 Å². The number of esters is 1. The third-order valence-electron chi connectivity index (χ3n) is 4.23. The van der Waals surface area contributed by atoms with Crippen LogP contribution in [0.4, 0.5) is 5.69 Å². The summed E-state index contributed by atoms with van der Waals surface area (Å²) >= 11 is 0.